The fraction of sp³-hybridized carbons (Fsp3) is 0.500. The van der Waals surface area contributed by atoms with E-state index in [1.807, 2.05) is 36.2 Å². The van der Waals surface area contributed by atoms with Crippen LogP contribution >= 0.6 is 23.4 Å². The van der Waals surface area contributed by atoms with E-state index in [2.05, 4.69) is 93.1 Å². The van der Waals surface area contributed by atoms with E-state index in [-0.39, 0.29) is 6.04 Å². The summed E-state index contributed by atoms with van der Waals surface area (Å²) >= 11 is 8.22. The van der Waals surface area contributed by atoms with Crippen LogP contribution in [0.3, 0.4) is 0 Å². The average molecular weight is 609 g/mol. The Kier molecular flexibility index (Phi) is 13.9. The maximum absolute atomic E-state index is 6.37. The molecule has 1 aromatic rings. The van der Waals surface area contributed by atoms with Gasteiger partial charge in [0.05, 0.1) is 11.7 Å². The highest BCUT2D eigenvalue weighted by molar-refractivity contribution is 7.98. The molecule has 1 saturated heterocycles. The second-order valence-corrected chi connectivity index (χ2v) is 13.8. The number of likely N-dealkylation sites (tertiary alicyclic amines) is 1. The summed E-state index contributed by atoms with van der Waals surface area (Å²) in [6.07, 6.45) is 11.7. The second-order valence-electron chi connectivity index (χ2n) is 12.4. The number of halogens is 1. The van der Waals surface area contributed by atoms with Gasteiger partial charge in [0, 0.05) is 52.8 Å². The molecule has 0 aromatic heterocycles. The summed E-state index contributed by atoms with van der Waals surface area (Å²) in [6, 6.07) is 8.84. The van der Waals surface area contributed by atoms with Gasteiger partial charge >= 0.3 is 0 Å². The van der Waals surface area contributed by atoms with E-state index in [1.165, 1.54) is 23.3 Å². The minimum atomic E-state index is 0.122. The third-order valence-corrected chi connectivity index (χ3v) is 9.71. The van der Waals surface area contributed by atoms with Gasteiger partial charge in [0.15, 0.2) is 0 Å². The topological polar surface area (TPSA) is 49.2 Å². The molecule has 3 unspecified atom stereocenters. The lowest BCUT2D eigenvalue weighted by molar-refractivity contribution is 0.219. The van der Waals surface area contributed by atoms with Crippen molar-refractivity contribution >= 4 is 23.4 Å². The fourth-order valence-electron chi connectivity index (χ4n) is 5.34. The molecule has 1 aromatic carbocycles. The quantitative estimate of drug-likeness (QED) is 0.129. The second kappa shape index (κ2) is 17.1. The predicted octanol–water partition coefficient (Wildman–Crippen LogP) is 8.58. The van der Waals surface area contributed by atoms with Gasteiger partial charge in [-0.1, -0.05) is 82.0 Å². The number of benzene rings is 1. The van der Waals surface area contributed by atoms with Crippen LogP contribution in [0.25, 0.3) is 0 Å². The first kappa shape index (κ1) is 34.2. The molecule has 0 bridgehead atoms. The summed E-state index contributed by atoms with van der Waals surface area (Å²) in [7, 11) is 0. The molecule has 2 aliphatic heterocycles. The Morgan fingerprint density at radius 1 is 1.17 bits per heavy atom. The van der Waals surface area contributed by atoms with Crippen LogP contribution in [0, 0.1) is 11.8 Å². The van der Waals surface area contributed by atoms with Gasteiger partial charge in [0.1, 0.15) is 0 Å². The van der Waals surface area contributed by atoms with E-state index in [4.69, 9.17) is 11.6 Å². The van der Waals surface area contributed by atoms with Crippen LogP contribution in [0.15, 0.2) is 97.2 Å². The summed E-state index contributed by atoms with van der Waals surface area (Å²) < 4.78 is 0. The van der Waals surface area contributed by atoms with Gasteiger partial charge in [0.25, 0.3) is 0 Å². The van der Waals surface area contributed by atoms with Crippen molar-refractivity contribution in [3.05, 3.63) is 108 Å². The van der Waals surface area contributed by atoms with Crippen LogP contribution in [-0.4, -0.2) is 41.9 Å². The van der Waals surface area contributed by atoms with Crippen LogP contribution in [0.1, 0.15) is 65.4 Å². The zero-order chi connectivity index (χ0) is 30.6. The van der Waals surface area contributed by atoms with Crippen molar-refractivity contribution in [3.63, 3.8) is 0 Å². The summed E-state index contributed by atoms with van der Waals surface area (Å²) in [6.45, 7) is 28.7. The Morgan fingerprint density at radius 2 is 1.90 bits per heavy atom. The molecule has 42 heavy (non-hydrogen) atoms. The van der Waals surface area contributed by atoms with Gasteiger partial charge in [-0.15, -0.1) is 6.58 Å². The fourth-order valence-corrected chi connectivity index (χ4v) is 6.66. The Labute approximate surface area is 265 Å². The van der Waals surface area contributed by atoms with E-state index in [0.717, 1.165) is 72.3 Å². The normalized spacial score (nSPS) is 18.7. The number of rotatable bonds is 20. The van der Waals surface area contributed by atoms with Gasteiger partial charge in [0.2, 0.25) is 0 Å². The van der Waals surface area contributed by atoms with E-state index in [1.54, 1.807) is 0 Å². The van der Waals surface area contributed by atoms with Crippen molar-refractivity contribution < 1.29 is 0 Å². The van der Waals surface area contributed by atoms with Crippen molar-refractivity contribution in [2.45, 2.75) is 83.7 Å². The van der Waals surface area contributed by atoms with E-state index >= 15 is 0 Å². The lowest BCUT2D eigenvalue weighted by Crippen LogP contribution is -2.48. The molecule has 2 heterocycles. The largest absolute Gasteiger partial charge is 0.384 e. The lowest BCUT2D eigenvalue weighted by atomic mass is 9.98. The maximum Gasteiger partial charge on any atom is 0.0540 e. The molecule has 0 aliphatic carbocycles. The Hall–Kier alpha value is -2.34. The summed E-state index contributed by atoms with van der Waals surface area (Å²) in [5.74, 6) is 2.65. The maximum atomic E-state index is 6.37. The predicted molar refractivity (Wildman–Crippen MR) is 187 cm³/mol. The van der Waals surface area contributed by atoms with Crippen LogP contribution in [-0.2, 0) is 5.75 Å². The Balaban J connectivity index is 1.53. The molecule has 0 spiro atoms. The number of nitrogens with zero attached hydrogens (tertiary/aromatic N) is 1. The van der Waals surface area contributed by atoms with Crippen LogP contribution in [0.5, 0.6) is 0 Å². The van der Waals surface area contributed by atoms with Gasteiger partial charge < -0.3 is 16.0 Å². The molecule has 0 amide bonds. The van der Waals surface area contributed by atoms with E-state index < -0.39 is 0 Å². The van der Waals surface area contributed by atoms with Gasteiger partial charge in [-0.3, -0.25) is 4.90 Å². The highest BCUT2D eigenvalue weighted by atomic mass is 35.5. The Bertz CT molecular complexity index is 1150. The number of hydrogen-bond donors (Lipinski definition) is 3. The van der Waals surface area contributed by atoms with Crippen LogP contribution in [0.2, 0.25) is 5.02 Å². The summed E-state index contributed by atoms with van der Waals surface area (Å²) in [4.78, 5) is 2.61. The van der Waals surface area contributed by atoms with Crippen molar-refractivity contribution in [1.29, 1.82) is 0 Å². The zero-order valence-electron chi connectivity index (χ0n) is 26.4. The highest BCUT2D eigenvalue weighted by Crippen LogP contribution is 2.27. The molecule has 3 N–H and O–H groups in total. The molecule has 2 aliphatic rings. The zero-order valence-corrected chi connectivity index (χ0v) is 27.9. The molecule has 4 nitrogen and oxygen atoms in total. The molecule has 0 saturated carbocycles. The van der Waals surface area contributed by atoms with Crippen molar-refractivity contribution in [3.8, 4) is 0 Å². The molecular formula is C36H53ClN4S. The number of nitrogens with one attached hydrogen (secondary N) is 3. The first-order valence-corrected chi connectivity index (χ1v) is 17.0. The van der Waals surface area contributed by atoms with Gasteiger partial charge in [-0.05, 0) is 80.7 Å². The monoisotopic (exact) mass is 608 g/mol. The number of hydrogen-bond acceptors (Lipinski definition) is 5. The molecular weight excluding hydrogens is 556 g/mol. The van der Waals surface area contributed by atoms with Crippen molar-refractivity contribution in [2.24, 2.45) is 11.8 Å². The third kappa shape index (κ3) is 11.4. The first-order valence-electron chi connectivity index (χ1n) is 15.5. The SMILES string of the molecule is C=C(C)CC(NC(=C)C1CCCN1CC(NC(=C)[C@@H](C)CC/C=C\C1=CN1)C(C)C)C(=C)CSCc1ccccc1Cl. The van der Waals surface area contributed by atoms with E-state index in [9.17, 15) is 0 Å². The van der Waals surface area contributed by atoms with Crippen LogP contribution in [0.4, 0.5) is 0 Å². The minimum Gasteiger partial charge on any atom is -0.384 e. The smallest absolute Gasteiger partial charge is 0.0540 e. The minimum absolute atomic E-state index is 0.122. The van der Waals surface area contributed by atoms with E-state index in [0.29, 0.717) is 23.9 Å². The standard InChI is InChI=1S/C36H53ClN4S/c1-25(2)20-34(28(6)23-42-24-31-15-10-12-17-33(31)37)40-30(8)36-18-13-19-41(36)22-35(26(3)4)39-29(7)27(5)14-9-11-16-32-21-38-32/h10-12,15-17,21,26-27,34-36,38-40H,1,6-9,13-14,18-20,22-24H2,2-5H3/b16-11-/t27-,34?,35?,36?/m0/s1. The number of thioether (sulfide) groups is 1. The first-order chi connectivity index (χ1) is 20.0. The average Bonchev–Trinajstić information content (AvgIpc) is 3.65. The highest BCUT2D eigenvalue weighted by Gasteiger charge is 2.31. The van der Waals surface area contributed by atoms with Gasteiger partial charge in [-0.25, -0.2) is 0 Å². The van der Waals surface area contributed by atoms with Crippen molar-refractivity contribution in [1.82, 2.24) is 20.9 Å². The van der Waals surface area contributed by atoms with Crippen LogP contribution < -0.4 is 16.0 Å². The Morgan fingerprint density at radius 3 is 2.57 bits per heavy atom. The molecule has 3 rings (SSSR count). The number of allylic oxidation sites excluding steroid dienone is 3. The van der Waals surface area contributed by atoms with Crippen molar-refractivity contribution in [2.75, 3.05) is 18.8 Å². The third-order valence-electron chi connectivity index (χ3n) is 8.25. The molecule has 1 fully saturated rings. The molecule has 6 heteroatoms. The molecule has 0 radical (unpaired) electrons. The summed E-state index contributed by atoms with van der Waals surface area (Å²) in [5.41, 5.74) is 6.95. The molecule has 230 valence electrons. The summed E-state index contributed by atoms with van der Waals surface area (Å²) in [5, 5.41) is 11.6. The van der Waals surface area contributed by atoms with Gasteiger partial charge in [-0.2, -0.15) is 11.8 Å². The molecule has 4 atom stereocenters. The lowest BCUT2D eigenvalue weighted by Gasteiger charge is -2.35.